The van der Waals surface area contributed by atoms with E-state index in [0.29, 0.717) is 6.04 Å². The van der Waals surface area contributed by atoms with E-state index in [1.54, 1.807) is 5.57 Å². The van der Waals surface area contributed by atoms with E-state index in [0.717, 1.165) is 13.2 Å². The van der Waals surface area contributed by atoms with E-state index < -0.39 is 0 Å². The summed E-state index contributed by atoms with van der Waals surface area (Å²) in [6.45, 7) is 6.26. The van der Waals surface area contributed by atoms with Crippen molar-refractivity contribution in [2.75, 3.05) is 13.2 Å². The maximum absolute atomic E-state index is 6.38. The van der Waals surface area contributed by atoms with Crippen molar-refractivity contribution in [1.82, 2.24) is 5.32 Å². The molecule has 0 spiro atoms. The molecule has 0 aromatic carbocycles. The van der Waals surface area contributed by atoms with E-state index in [1.165, 1.54) is 64.2 Å². The van der Waals surface area contributed by atoms with E-state index >= 15 is 0 Å². The van der Waals surface area contributed by atoms with Crippen molar-refractivity contribution in [1.29, 1.82) is 0 Å². The molecule has 1 saturated carbocycles. The molecular weight excluding hydrogens is 246 g/mol. The molecule has 0 aromatic heterocycles. The fraction of sp³-hybridized carbons (Fsp3) is 0.889. The van der Waals surface area contributed by atoms with Crippen molar-refractivity contribution < 1.29 is 4.74 Å². The monoisotopic (exact) mass is 279 g/mol. The van der Waals surface area contributed by atoms with Crippen LogP contribution in [0.5, 0.6) is 0 Å². The Morgan fingerprint density at radius 2 is 1.85 bits per heavy atom. The van der Waals surface area contributed by atoms with Gasteiger partial charge in [0.05, 0.1) is 11.6 Å². The minimum Gasteiger partial charge on any atom is -0.373 e. The summed E-state index contributed by atoms with van der Waals surface area (Å²) in [5.41, 5.74) is 1.71. The maximum atomic E-state index is 6.38. The van der Waals surface area contributed by atoms with Crippen LogP contribution in [-0.4, -0.2) is 24.8 Å². The van der Waals surface area contributed by atoms with E-state index in [4.69, 9.17) is 4.74 Å². The minimum atomic E-state index is 0.0686. The molecule has 116 valence electrons. The molecule has 0 radical (unpaired) electrons. The first-order valence-electron chi connectivity index (χ1n) is 8.88. The van der Waals surface area contributed by atoms with Crippen LogP contribution in [-0.2, 0) is 4.74 Å². The maximum Gasteiger partial charge on any atom is 0.0872 e. The molecule has 1 unspecified atom stereocenters. The highest BCUT2D eigenvalue weighted by molar-refractivity contribution is 5.19. The average molecular weight is 279 g/mol. The first-order valence-corrected chi connectivity index (χ1v) is 8.88. The molecule has 0 amide bonds. The van der Waals surface area contributed by atoms with Gasteiger partial charge in [-0.05, 0) is 52.0 Å². The topological polar surface area (TPSA) is 21.3 Å². The first-order chi connectivity index (χ1) is 9.82. The van der Waals surface area contributed by atoms with Crippen molar-refractivity contribution in [3.63, 3.8) is 0 Å². The van der Waals surface area contributed by atoms with Gasteiger partial charge in [-0.15, -0.1) is 0 Å². The van der Waals surface area contributed by atoms with Crippen LogP contribution in [0.3, 0.4) is 0 Å². The molecule has 1 N–H and O–H groups in total. The van der Waals surface area contributed by atoms with Crippen molar-refractivity contribution in [3.05, 3.63) is 11.6 Å². The van der Waals surface area contributed by atoms with Gasteiger partial charge in [-0.25, -0.2) is 0 Å². The number of hydrogen-bond donors (Lipinski definition) is 1. The molecule has 2 heteroatoms. The Labute approximate surface area is 125 Å². The van der Waals surface area contributed by atoms with Gasteiger partial charge in [0, 0.05) is 6.61 Å². The number of rotatable bonds is 6. The van der Waals surface area contributed by atoms with Gasteiger partial charge in [0.15, 0.2) is 0 Å². The van der Waals surface area contributed by atoms with Gasteiger partial charge in [0.2, 0.25) is 0 Å². The van der Waals surface area contributed by atoms with Crippen molar-refractivity contribution in [3.8, 4) is 0 Å². The molecular formula is C18H33NO. The molecule has 0 heterocycles. The van der Waals surface area contributed by atoms with Crippen LogP contribution in [0.2, 0.25) is 0 Å². The van der Waals surface area contributed by atoms with Crippen LogP contribution in [0.15, 0.2) is 11.6 Å². The Morgan fingerprint density at radius 1 is 1.10 bits per heavy atom. The van der Waals surface area contributed by atoms with Crippen molar-refractivity contribution in [2.24, 2.45) is 0 Å². The fourth-order valence-corrected chi connectivity index (χ4v) is 4.12. The lowest BCUT2D eigenvalue weighted by Gasteiger charge is -2.45. The second-order valence-corrected chi connectivity index (χ2v) is 6.43. The summed E-state index contributed by atoms with van der Waals surface area (Å²) in [4.78, 5) is 0. The van der Waals surface area contributed by atoms with Gasteiger partial charge in [-0.1, -0.05) is 44.3 Å². The van der Waals surface area contributed by atoms with Gasteiger partial charge in [0.1, 0.15) is 0 Å². The second kappa shape index (κ2) is 8.19. The van der Waals surface area contributed by atoms with Gasteiger partial charge in [0.25, 0.3) is 0 Å². The number of ether oxygens (including phenoxy) is 1. The molecule has 2 nitrogen and oxygen atoms in total. The third kappa shape index (κ3) is 3.85. The summed E-state index contributed by atoms with van der Waals surface area (Å²) >= 11 is 0. The predicted molar refractivity (Wildman–Crippen MR) is 86.1 cm³/mol. The Bertz CT molecular complexity index is 299. The molecule has 2 rings (SSSR count). The summed E-state index contributed by atoms with van der Waals surface area (Å²) in [5.74, 6) is 0. The van der Waals surface area contributed by atoms with Gasteiger partial charge < -0.3 is 10.1 Å². The highest BCUT2D eigenvalue weighted by Gasteiger charge is 2.41. The molecule has 2 aliphatic carbocycles. The summed E-state index contributed by atoms with van der Waals surface area (Å²) in [7, 11) is 0. The number of hydrogen-bond acceptors (Lipinski definition) is 2. The molecule has 20 heavy (non-hydrogen) atoms. The lowest BCUT2D eigenvalue weighted by atomic mass is 9.75. The van der Waals surface area contributed by atoms with Gasteiger partial charge in [-0.3, -0.25) is 0 Å². The highest BCUT2D eigenvalue weighted by Crippen LogP contribution is 2.39. The Kier molecular flexibility index (Phi) is 6.57. The third-order valence-corrected chi connectivity index (χ3v) is 5.01. The van der Waals surface area contributed by atoms with Crippen LogP contribution in [0.25, 0.3) is 0 Å². The predicted octanol–water partition coefficient (Wildman–Crippen LogP) is 4.59. The van der Waals surface area contributed by atoms with Gasteiger partial charge >= 0.3 is 0 Å². The lowest BCUT2D eigenvalue weighted by Crippen LogP contribution is -2.54. The smallest absolute Gasteiger partial charge is 0.0872 e. The first kappa shape index (κ1) is 16.0. The van der Waals surface area contributed by atoms with E-state index in [1.807, 2.05) is 0 Å². The van der Waals surface area contributed by atoms with Crippen LogP contribution in [0.1, 0.15) is 78.1 Å². The number of nitrogens with one attached hydrogen (secondary N) is 1. The zero-order valence-electron chi connectivity index (χ0n) is 13.5. The summed E-state index contributed by atoms with van der Waals surface area (Å²) in [6.07, 6.45) is 15.7. The zero-order chi connectivity index (χ0) is 14.3. The summed E-state index contributed by atoms with van der Waals surface area (Å²) < 4.78 is 6.38. The van der Waals surface area contributed by atoms with Crippen LogP contribution >= 0.6 is 0 Å². The van der Waals surface area contributed by atoms with Crippen molar-refractivity contribution in [2.45, 2.75) is 89.7 Å². The molecule has 0 bridgehead atoms. The van der Waals surface area contributed by atoms with E-state index in [-0.39, 0.29) is 5.60 Å². The zero-order valence-corrected chi connectivity index (χ0v) is 13.5. The second-order valence-electron chi connectivity index (χ2n) is 6.43. The standard InChI is InChI=1S/C18H33NO/c1-3-19-17(16-12-8-5-6-9-13-16)18(20-4-2)14-10-7-11-15-18/h12,17,19H,3-11,13-15H2,1-2H3. The summed E-state index contributed by atoms with van der Waals surface area (Å²) in [6, 6.07) is 0.450. The largest absolute Gasteiger partial charge is 0.373 e. The molecule has 0 aliphatic heterocycles. The Balaban J connectivity index is 2.20. The summed E-state index contributed by atoms with van der Waals surface area (Å²) in [5, 5.41) is 3.78. The highest BCUT2D eigenvalue weighted by atomic mass is 16.5. The fourth-order valence-electron chi connectivity index (χ4n) is 4.12. The van der Waals surface area contributed by atoms with Crippen molar-refractivity contribution >= 4 is 0 Å². The number of likely N-dealkylation sites (N-methyl/N-ethyl adjacent to an activating group) is 1. The van der Waals surface area contributed by atoms with Gasteiger partial charge in [-0.2, -0.15) is 0 Å². The minimum absolute atomic E-state index is 0.0686. The lowest BCUT2D eigenvalue weighted by molar-refractivity contribution is -0.0822. The van der Waals surface area contributed by atoms with Crippen LogP contribution < -0.4 is 5.32 Å². The molecule has 1 atom stereocenters. The van der Waals surface area contributed by atoms with Crippen LogP contribution in [0.4, 0.5) is 0 Å². The van der Waals surface area contributed by atoms with Crippen LogP contribution in [0, 0.1) is 0 Å². The molecule has 0 saturated heterocycles. The average Bonchev–Trinajstić information content (AvgIpc) is 2.75. The third-order valence-electron chi connectivity index (χ3n) is 5.01. The number of allylic oxidation sites excluding steroid dienone is 1. The SMILES string of the molecule is CCNC(C1=CCCCCC1)C1(OCC)CCCCC1. The van der Waals surface area contributed by atoms with E-state index in [9.17, 15) is 0 Å². The Hall–Kier alpha value is -0.340. The quantitative estimate of drug-likeness (QED) is 0.718. The van der Waals surface area contributed by atoms with E-state index in [2.05, 4.69) is 25.2 Å². The molecule has 0 aromatic rings. The molecule has 1 fully saturated rings. The molecule has 2 aliphatic rings. The Morgan fingerprint density at radius 3 is 2.55 bits per heavy atom. The normalized spacial score (nSPS) is 24.8.